The summed E-state index contributed by atoms with van der Waals surface area (Å²) in [4.78, 5) is 0. The lowest BCUT2D eigenvalue weighted by Crippen LogP contribution is -2.26. The van der Waals surface area contributed by atoms with E-state index in [-0.39, 0.29) is 12.6 Å². The van der Waals surface area contributed by atoms with Crippen LogP contribution >= 0.6 is 23.2 Å². The van der Waals surface area contributed by atoms with E-state index in [1.807, 2.05) is 12.1 Å². The predicted octanol–water partition coefficient (Wildman–Crippen LogP) is 3.03. The van der Waals surface area contributed by atoms with E-state index in [1.165, 1.54) is 12.8 Å². The molecule has 2 rings (SSSR count). The summed E-state index contributed by atoms with van der Waals surface area (Å²) >= 11 is 12.1. The van der Waals surface area contributed by atoms with Gasteiger partial charge in [-0.05, 0) is 36.9 Å². The van der Waals surface area contributed by atoms with Crippen LogP contribution in [-0.2, 0) is 0 Å². The molecule has 1 saturated carbocycles. The molecule has 1 atom stereocenters. The average molecular weight is 260 g/mol. The van der Waals surface area contributed by atoms with Crippen molar-refractivity contribution in [1.82, 2.24) is 5.32 Å². The van der Waals surface area contributed by atoms with Gasteiger partial charge in [-0.1, -0.05) is 35.3 Å². The maximum Gasteiger partial charge on any atom is 0.0640 e. The van der Waals surface area contributed by atoms with Gasteiger partial charge in [0, 0.05) is 0 Å². The molecule has 2 N–H and O–H groups in total. The number of hydrogen-bond donors (Lipinski definition) is 2. The molecular formula is C12H15Cl2NO. The molecule has 0 bridgehead atoms. The van der Waals surface area contributed by atoms with Crippen LogP contribution in [0, 0.1) is 5.92 Å². The van der Waals surface area contributed by atoms with E-state index in [2.05, 4.69) is 5.32 Å². The van der Waals surface area contributed by atoms with Gasteiger partial charge in [0.15, 0.2) is 0 Å². The first-order valence-electron chi connectivity index (χ1n) is 5.50. The monoisotopic (exact) mass is 259 g/mol. The van der Waals surface area contributed by atoms with Gasteiger partial charge in [-0.25, -0.2) is 0 Å². The Morgan fingerprint density at radius 3 is 2.75 bits per heavy atom. The smallest absolute Gasteiger partial charge is 0.0640 e. The first-order chi connectivity index (χ1) is 7.72. The third kappa shape index (κ3) is 2.89. The summed E-state index contributed by atoms with van der Waals surface area (Å²) in [6.07, 6.45) is 2.57. The average Bonchev–Trinajstić information content (AvgIpc) is 3.08. The third-order valence-corrected chi connectivity index (χ3v) is 3.72. The lowest BCUT2D eigenvalue weighted by molar-refractivity contribution is 0.243. The topological polar surface area (TPSA) is 32.3 Å². The number of aliphatic hydroxyl groups is 1. The largest absolute Gasteiger partial charge is 0.394 e. The zero-order valence-corrected chi connectivity index (χ0v) is 10.4. The van der Waals surface area contributed by atoms with Gasteiger partial charge in [-0.3, -0.25) is 0 Å². The fourth-order valence-electron chi connectivity index (χ4n) is 1.69. The minimum absolute atomic E-state index is 0.0345. The summed E-state index contributed by atoms with van der Waals surface area (Å²) in [5.74, 6) is 0.770. The molecule has 88 valence electrons. The molecule has 4 heteroatoms. The number of nitrogens with one attached hydrogen (secondary N) is 1. The molecule has 1 fully saturated rings. The molecule has 0 aromatic heterocycles. The van der Waals surface area contributed by atoms with E-state index in [0.29, 0.717) is 10.0 Å². The van der Waals surface area contributed by atoms with Crippen molar-refractivity contribution in [2.75, 3.05) is 13.2 Å². The molecular weight excluding hydrogens is 245 g/mol. The summed E-state index contributed by atoms with van der Waals surface area (Å²) in [6, 6.07) is 5.38. The lowest BCUT2D eigenvalue weighted by Gasteiger charge is -2.18. The van der Waals surface area contributed by atoms with Crippen LogP contribution in [0.5, 0.6) is 0 Å². The van der Waals surface area contributed by atoms with Gasteiger partial charge in [-0.2, -0.15) is 0 Å². The van der Waals surface area contributed by atoms with Crippen LogP contribution in [-0.4, -0.2) is 18.3 Å². The van der Waals surface area contributed by atoms with Crippen LogP contribution in [0.1, 0.15) is 24.4 Å². The van der Waals surface area contributed by atoms with E-state index in [4.69, 9.17) is 23.2 Å². The highest BCUT2D eigenvalue weighted by Crippen LogP contribution is 2.32. The standard InChI is InChI=1S/C12H15Cl2NO/c13-10-3-1-2-9(12(10)14)11(7-16)15-6-8-4-5-8/h1-3,8,11,15-16H,4-7H2. The zero-order valence-electron chi connectivity index (χ0n) is 8.92. The molecule has 1 aromatic carbocycles. The second-order valence-electron chi connectivity index (χ2n) is 4.23. The number of aliphatic hydroxyl groups excluding tert-OH is 1. The molecule has 0 heterocycles. The van der Waals surface area contributed by atoms with Crippen LogP contribution in [0.3, 0.4) is 0 Å². The first kappa shape index (κ1) is 12.2. The second kappa shape index (κ2) is 5.37. The Labute approximate surface area is 106 Å². The van der Waals surface area contributed by atoms with E-state index < -0.39 is 0 Å². The fraction of sp³-hybridized carbons (Fsp3) is 0.500. The van der Waals surface area contributed by atoms with Crippen molar-refractivity contribution in [3.8, 4) is 0 Å². The van der Waals surface area contributed by atoms with Crippen molar-refractivity contribution >= 4 is 23.2 Å². The Balaban J connectivity index is 2.08. The third-order valence-electron chi connectivity index (χ3n) is 2.89. The van der Waals surface area contributed by atoms with Crippen molar-refractivity contribution in [2.45, 2.75) is 18.9 Å². The van der Waals surface area contributed by atoms with Gasteiger partial charge >= 0.3 is 0 Å². The van der Waals surface area contributed by atoms with Crippen molar-refractivity contribution in [3.63, 3.8) is 0 Å². The molecule has 1 aromatic rings. The molecule has 1 unspecified atom stereocenters. The summed E-state index contributed by atoms with van der Waals surface area (Å²) < 4.78 is 0. The minimum Gasteiger partial charge on any atom is -0.394 e. The summed E-state index contributed by atoms with van der Waals surface area (Å²) in [5, 5.41) is 13.8. The van der Waals surface area contributed by atoms with E-state index >= 15 is 0 Å². The molecule has 0 saturated heterocycles. The molecule has 2 nitrogen and oxygen atoms in total. The SMILES string of the molecule is OCC(NCC1CC1)c1cccc(Cl)c1Cl. The molecule has 1 aliphatic carbocycles. The molecule has 16 heavy (non-hydrogen) atoms. The van der Waals surface area contributed by atoms with Gasteiger partial charge in [-0.15, -0.1) is 0 Å². The Morgan fingerprint density at radius 1 is 1.38 bits per heavy atom. The van der Waals surface area contributed by atoms with Gasteiger partial charge < -0.3 is 10.4 Å². The Hall–Kier alpha value is -0.280. The van der Waals surface area contributed by atoms with Crippen LogP contribution in [0.2, 0.25) is 10.0 Å². The van der Waals surface area contributed by atoms with Crippen molar-refractivity contribution < 1.29 is 5.11 Å². The highest BCUT2D eigenvalue weighted by Gasteiger charge is 2.23. The maximum atomic E-state index is 9.36. The normalized spacial score (nSPS) is 17.4. The van der Waals surface area contributed by atoms with E-state index in [0.717, 1.165) is 18.0 Å². The quantitative estimate of drug-likeness (QED) is 0.852. The van der Waals surface area contributed by atoms with Crippen LogP contribution < -0.4 is 5.32 Å². The fourth-order valence-corrected chi connectivity index (χ4v) is 2.13. The number of benzene rings is 1. The van der Waals surface area contributed by atoms with Gasteiger partial charge in [0.1, 0.15) is 0 Å². The zero-order chi connectivity index (χ0) is 11.5. The molecule has 1 aliphatic rings. The molecule has 0 spiro atoms. The summed E-state index contributed by atoms with van der Waals surface area (Å²) in [6.45, 7) is 0.973. The maximum absolute atomic E-state index is 9.36. The Morgan fingerprint density at radius 2 is 2.12 bits per heavy atom. The Bertz CT molecular complexity index is 366. The minimum atomic E-state index is -0.119. The van der Waals surface area contributed by atoms with Crippen LogP contribution in [0.25, 0.3) is 0 Å². The number of halogens is 2. The van der Waals surface area contributed by atoms with E-state index in [9.17, 15) is 5.11 Å². The molecule has 0 amide bonds. The second-order valence-corrected chi connectivity index (χ2v) is 5.01. The number of rotatable bonds is 5. The van der Waals surface area contributed by atoms with Crippen LogP contribution in [0.15, 0.2) is 18.2 Å². The van der Waals surface area contributed by atoms with Crippen molar-refractivity contribution in [2.24, 2.45) is 5.92 Å². The summed E-state index contributed by atoms with van der Waals surface area (Å²) in [5.41, 5.74) is 0.873. The van der Waals surface area contributed by atoms with Crippen molar-refractivity contribution in [3.05, 3.63) is 33.8 Å². The van der Waals surface area contributed by atoms with Gasteiger partial charge in [0.2, 0.25) is 0 Å². The summed E-state index contributed by atoms with van der Waals surface area (Å²) in [7, 11) is 0. The highest BCUT2D eigenvalue weighted by molar-refractivity contribution is 6.42. The Kier molecular flexibility index (Phi) is 4.09. The predicted molar refractivity (Wildman–Crippen MR) is 67.0 cm³/mol. The van der Waals surface area contributed by atoms with Crippen molar-refractivity contribution in [1.29, 1.82) is 0 Å². The molecule has 0 radical (unpaired) electrons. The number of hydrogen-bond acceptors (Lipinski definition) is 2. The van der Waals surface area contributed by atoms with Gasteiger partial charge in [0.05, 0.1) is 22.7 Å². The highest BCUT2D eigenvalue weighted by atomic mass is 35.5. The van der Waals surface area contributed by atoms with Gasteiger partial charge in [0.25, 0.3) is 0 Å². The first-order valence-corrected chi connectivity index (χ1v) is 6.26. The lowest BCUT2D eigenvalue weighted by atomic mass is 10.1. The van der Waals surface area contributed by atoms with E-state index in [1.54, 1.807) is 6.07 Å². The molecule has 0 aliphatic heterocycles. The van der Waals surface area contributed by atoms with Crippen LogP contribution in [0.4, 0.5) is 0 Å².